The topological polar surface area (TPSA) is 194 Å². The second-order valence-electron chi connectivity index (χ2n) is 10.5. The van der Waals surface area contributed by atoms with Gasteiger partial charge in [0.1, 0.15) is 6.04 Å². The summed E-state index contributed by atoms with van der Waals surface area (Å²) in [5.74, 6) is -2.70. The van der Waals surface area contributed by atoms with E-state index in [1.54, 1.807) is 12.1 Å². The van der Waals surface area contributed by atoms with Crippen molar-refractivity contribution in [1.29, 1.82) is 0 Å². The fourth-order valence-electron chi connectivity index (χ4n) is 4.78. The van der Waals surface area contributed by atoms with Crippen molar-refractivity contribution in [2.75, 3.05) is 91.1 Å². The number of hydrogen-bond donors (Lipinski definition) is 3. The molecular formula is C31H46N4O11. The van der Waals surface area contributed by atoms with Crippen molar-refractivity contribution in [3.63, 3.8) is 0 Å². The van der Waals surface area contributed by atoms with Gasteiger partial charge in [0.05, 0.1) is 89.5 Å². The third-order valence-electron chi connectivity index (χ3n) is 7.06. The van der Waals surface area contributed by atoms with Gasteiger partial charge in [0, 0.05) is 26.0 Å². The zero-order valence-electron chi connectivity index (χ0n) is 26.3. The molecule has 0 aliphatic carbocycles. The second-order valence-corrected chi connectivity index (χ2v) is 10.5. The van der Waals surface area contributed by atoms with E-state index in [9.17, 15) is 24.0 Å². The minimum Gasteiger partial charge on any atom is -0.379 e. The molecule has 0 saturated carbocycles. The molecule has 256 valence electrons. The average molecular weight is 651 g/mol. The van der Waals surface area contributed by atoms with Gasteiger partial charge in [-0.1, -0.05) is 12.5 Å². The van der Waals surface area contributed by atoms with Gasteiger partial charge in [-0.15, -0.1) is 0 Å². The molecule has 1 unspecified atom stereocenters. The molecule has 3 rings (SSSR count). The van der Waals surface area contributed by atoms with Crippen molar-refractivity contribution in [3.05, 3.63) is 29.3 Å². The number of piperidine rings is 1. The summed E-state index contributed by atoms with van der Waals surface area (Å²) in [5, 5.41) is 4.90. The number of benzene rings is 1. The number of hydrogen-bond acceptors (Lipinski definition) is 12. The van der Waals surface area contributed by atoms with E-state index in [4.69, 9.17) is 34.2 Å². The van der Waals surface area contributed by atoms with Crippen molar-refractivity contribution in [1.82, 2.24) is 10.2 Å². The molecule has 0 radical (unpaired) electrons. The van der Waals surface area contributed by atoms with Crippen LogP contribution in [0.3, 0.4) is 0 Å². The Labute approximate surface area is 268 Å². The Hall–Kier alpha value is -3.31. The Morgan fingerprint density at radius 3 is 1.89 bits per heavy atom. The Bertz CT molecular complexity index is 1150. The molecule has 4 N–H and O–H groups in total. The van der Waals surface area contributed by atoms with E-state index in [1.165, 1.54) is 6.07 Å². The van der Waals surface area contributed by atoms with E-state index < -0.39 is 29.7 Å². The second kappa shape index (κ2) is 21.5. The highest BCUT2D eigenvalue weighted by molar-refractivity contribution is 6.26. The number of fused-ring (bicyclic) bond motifs is 1. The maximum absolute atomic E-state index is 13.1. The molecule has 0 aromatic heterocycles. The van der Waals surface area contributed by atoms with Crippen molar-refractivity contribution in [2.45, 2.75) is 44.6 Å². The van der Waals surface area contributed by atoms with Gasteiger partial charge in [0.2, 0.25) is 17.7 Å². The summed E-state index contributed by atoms with van der Waals surface area (Å²) in [5.41, 5.74) is 5.72. The maximum Gasteiger partial charge on any atom is 0.264 e. The normalized spacial score (nSPS) is 16.2. The van der Waals surface area contributed by atoms with Crippen LogP contribution in [0.15, 0.2) is 18.2 Å². The summed E-state index contributed by atoms with van der Waals surface area (Å²) in [7, 11) is 0. The van der Waals surface area contributed by atoms with Gasteiger partial charge in [-0.05, 0) is 31.4 Å². The predicted octanol–water partition coefficient (Wildman–Crippen LogP) is 0.645. The van der Waals surface area contributed by atoms with Gasteiger partial charge in [0.15, 0.2) is 0 Å². The number of nitrogens with zero attached hydrogens (tertiary/aromatic N) is 1. The predicted molar refractivity (Wildman–Crippen MR) is 164 cm³/mol. The van der Waals surface area contributed by atoms with E-state index in [0.29, 0.717) is 92.2 Å². The number of anilines is 1. The molecule has 15 heteroatoms. The minimum absolute atomic E-state index is 0.0326. The van der Waals surface area contributed by atoms with Crippen LogP contribution in [0.25, 0.3) is 0 Å². The van der Waals surface area contributed by atoms with Gasteiger partial charge in [-0.25, -0.2) is 0 Å². The van der Waals surface area contributed by atoms with Crippen LogP contribution in [0.1, 0.15) is 59.2 Å². The highest BCUT2D eigenvalue weighted by Gasteiger charge is 2.45. The number of carbonyl (C=O) groups excluding carboxylic acids is 5. The highest BCUT2D eigenvalue weighted by atomic mass is 16.6. The van der Waals surface area contributed by atoms with Crippen LogP contribution < -0.4 is 16.4 Å². The number of amides is 5. The summed E-state index contributed by atoms with van der Waals surface area (Å²) in [4.78, 5) is 63.3. The zero-order chi connectivity index (χ0) is 33.0. The third kappa shape index (κ3) is 12.5. The molecule has 46 heavy (non-hydrogen) atoms. The molecule has 2 heterocycles. The Morgan fingerprint density at radius 1 is 0.761 bits per heavy atom. The molecule has 0 bridgehead atoms. The summed E-state index contributed by atoms with van der Waals surface area (Å²) < 4.78 is 32.5. The Balaban J connectivity index is 1.16. The first kappa shape index (κ1) is 37.2. The van der Waals surface area contributed by atoms with Crippen LogP contribution in [-0.2, 0) is 42.8 Å². The van der Waals surface area contributed by atoms with E-state index in [1.807, 2.05) is 0 Å². The van der Waals surface area contributed by atoms with Crippen LogP contribution in [0.2, 0.25) is 0 Å². The van der Waals surface area contributed by atoms with E-state index in [-0.39, 0.29) is 42.0 Å². The molecule has 1 saturated heterocycles. The average Bonchev–Trinajstić information content (AvgIpc) is 3.29. The number of nitrogens with two attached hydrogens (primary N) is 1. The van der Waals surface area contributed by atoms with E-state index in [2.05, 4.69) is 10.6 Å². The van der Waals surface area contributed by atoms with Gasteiger partial charge in [0.25, 0.3) is 11.8 Å². The number of ether oxygens (including phenoxy) is 6. The molecule has 2 aliphatic rings. The Morgan fingerprint density at radius 2 is 1.33 bits per heavy atom. The van der Waals surface area contributed by atoms with Gasteiger partial charge < -0.3 is 39.5 Å². The molecule has 5 amide bonds. The van der Waals surface area contributed by atoms with Crippen molar-refractivity contribution in [3.8, 4) is 0 Å². The molecule has 1 aromatic rings. The van der Waals surface area contributed by atoms with Crippen LogP contribution in [0, 0.1) is 0 Å². The summed E-state index contributed by atoms with van der Waals surface area (Å²) in [6.07, 6.45) is 2.49. The van der Waals surface area contributed by atoms with E-state index >= 15 is 0 Å². The lowest BCUT2D eigenvalue weighted by atomic mass is 10.0. The van der Waals surface area contributed by atoms with Crippen LogP contribution in [0.5, 0.6) is 0 Å². The molecular weight excluding hydrogens is 604 g/mol. The smallest absolute Gasteiger partial charge is 0.264 e. The molecule has 1 aromatic carbocycles. The number of unbranched alkanes of at least 4 members (excludes halogenated alkanes) is 2. The van der Waals surface area contributed by atoms with Gasteiger partial charge >= 0.3 is 0 Å². The molecule has 1 atom stereocenters. The molecule has 1 fully saturated rings. The number of carbonyl (C=O) groups is 5. The number of nitrogens with one attached hydrogen (secondary N) is 2. The van der Waals surface area contributed by atoms with Gasteiger partial charge in [-0.3, -0.25) is 34.2 Å². The molecule has 0 spiro atoms. The number of imide groups is 2. The van der Waals surface area contributed by atoms with Crippen LogP contribution in [-0.4, -0.2) is 126 Å². The summed E-state index contributed by atoms with van der Waals surface area (Å²) in [6, 6.07) is 3.54. The SMILES string of the molecule is NCCOCCOCCOCCOCCOCCOCCCCCC(=O)Nc1cccc2c1C(=O)N(C1CCC(=O)NC1=O)C2=O. The summed E-state index contributed by atoms with van der Waals surface area (Å²) in [6.45, 7) is 6.44. The van der Waals surface area contributed by atoms with Crippen molar-refractivity contribution < 1.29 is 52.4 Å². The monoisotopic (exact) mass is 650 g/mol. The quantitative estimate of drug-likeness (QED) is 0.0989. The molecule has 15 nitrogen and oxygen atoms in total. The van der Waals surface area contributed by atoms with Crippen molar-refractivity contribution >= 4 is 35.2 Å². The maximum atomic E-state index is 13.1. The fourth-order valence-corrected chi connectivity index (χ4v) is 4.78. The first-order valence-corrected chi connectivity index (χ1v) is 15.7. The van der Waals surface area contributed by atoms with Crippen molar-refractivity contribution in [2.24, 2.45) is 5.73 Å². The van der Waals surface area contributed by atoms with Crippen LogP contribution >= 0.6 is 0 Å². The number of rotatable bonds is 25. The minimum atomic E-state index is -1.07. The summed E-state index contributed by atoms with van der Waals surface area (Å²) >= 11 is 0. The zero-order valence-corrected chi connectivity index (χ0v) is 26.3. The lowest BCUT2D eigenvalue weighted by Crippen LogP contribution is -2.54. The lowest BCUT2D eigenvalue weighted by Gasteiger charge is -2.27. The van der Waals surface area contributed by atoms with E-state index in [0.717, 1.165) is 17.7 Å². The standard InChI is InChI=1S/C31H46N4O11/c32-10-12-42-14-16-44-18-20-46-22-21-45-19-17-43-15-13-41-11-3-1-2-7-26(36)33-24-6-4-5-23-28(24)31(40)35(30(23)39)25-8-9-27(37)34-29(25)38/h4-6,25H,1-3,7-22,32H2,(H,33,36)(H,34,37,38). The fraction of sp³-hybridized carbons (Fsp3) is 0.645. The highest BCUT2D eigenvalue weighted by Crippen LogP contribution is 2.32. The van der Waals surface area contributed by atoms with Gasteiger partial charge in [-0.2, -0.15) is 0 Å². The Kier molecular flexibility index (Phi) is 17.3. The first-order chi connectivity index (χ1) is 22.4. The molecule has 2 aliphatic heterocycles. The lowest BCUT2D eigenvalue weighted by molar-refractivity contribution is -0.136. The largest absolute Gasteiger partial charge is 0.379 e. The van der Waals surface area contributed by atoms with Crippen LogP contribution in [0.4, 0.5) is 5.69 Å². The third-order valence-corrected chi connectivity index (χ3v) is 7.06. The first-order valence-electron chi connectivity index (χ1n) is 15.7.